The zero-order chi connectivity index (χ0) is 13.7. The highest BCUT2D eigenvalue weighted by atomic mass is 16.3. The second-order valence-electron chi connectivity index (χ2n) is 4.13. The van der Waals surface area contributed by atoms with E-state index in [9.17, 15) is 4.79 Å². The van der Waals surface area contributed by atoms with Crippen LogP contribution >= 0.6 is 0 Å². The van der Waals surface area contributed by atoms with Crippen LogP contribution in [0.25, 0.3) is 0 Å². The molecule has 1 amide bonds. The maximum Gasteiger partial charge on any atom is 0.270 e. The molecule has 2 aromatic rings. The molecule has 0 aliphatic heterocycles. The Balaban J connectivity index is 1.94. The number of anilines is 1. The van der Waals surface area contributed by atoms with Gasteiger partial charge in [-0.1, -0.05) is 24.3 Å². The molecule has 0 unspecified atom stereocenters. The summed E-state index contributed by atoms with van der Waals surface area (Å²) in [6.07, 6.45) is 1.45. The minimum Gasteiger partial charge on any atom is -0.397 e. The van der Waals surface area contributed by atoms with Gasteiger partial charge in [0.25, 0.3) is 5.91 Å². The van der Waals surface area contributed by atoms with Crippen LogP contribution in [0.2, 0.25) is 0 Å². The van der Waals surface area contributed by atoms with Gasteiger partial charge in [0.05, 0.1) is 18.5 Å². The van der Waals surface area contributed by atoms with Crippen molar-refractivity contribution >= 4 is 11.6 Å². The lowest BCUT2D eigenvalue weighted by molar-refractivity contribution is 0.0946. The van der Waals surface area contributed by atoms with Crippen molar-refractivity contribution in [2.45, 2.75) is 13.2 Å². The van der Waals surface area contributed by atoms with Crippen LogP contribution in [0, 0.1) is 0 Å². The van der Waals surface area contributed by atoms with Gasteiger partial charge in [0.1, 0.15) is 5.69 Å². The second-order valence-corrected chi connectivity index (χ2v) is 4.13. The van der Waals surface area contributed by atoms with Gasteiger partial charge in [-0.25, -0.2) is 4.98 Å². The number of aliphatic hydroxyl groups is 1. The fourth-order valence-electron chi connectivity index (χ4n) is 1.58. The number of pyridine rings is 1. The Morgan fingerprint density at radius 2 is 1.84 bits per heavy atom. The van der Waals surface area contributed by atoms with Crippen molar-refractivity contribution in [1.29, 1.82) is 0 Å². The molecule has 0 saturated heterocycles. The summed E-state index contributed by atoms with van der Waals surface area (Å²) in [6.45, 7) is 0.429. The lowest BCUT2D eigenvalue weighted by atomic mass is 10.1. The Hall–Kier alpha value is -2.40. The summed E-state index contributed by atoms with van der Waals surface area (Å²) in [5.41, 5.74) is 8.17. The number of hydrogen-bond donors (Lipinski definition) is 3. The largest absolute Gasteiger partial charge is 0.397 e. The van der Waals surface area contributed by atoms with Crippen molar-refractivity contribution in [3.8, 4) is 0 Å². The summed E-state index contributed by atoms with van der Waals surface area (Å²) in [5.74, 6) is -0.244. The first-order chi connectivity index (χ1) is 9.19. The molecule has 0 saturated carbocycles. The summed E-state index contributed by atoms with van der Waals surface area (Å²) in [7, 11) is 0. The predicted molar refractivity (Wildman–Crippen MR) is 72.2 cm³/mol. The van der Waals surface area contributed by atoms with E-state index < -0.39 is 0 Å². The number of hydrogen-bond acceptors (Lipinski definition) is 4. The summed E-state index contributed by atoms with van der Waals surface area (Å²) < 4.78 is 0. The predicted octanol–water partition coefficient (Wildman–Crippen LogP) is 1.09. The van der Waals surface area contributed by atoms with Crippen molar-refractivity contribution in [1.82, 2.24) is 10.3 Å². The molecule has 1 aromatic heterocycles. The van der Waals surface area contributed by atoms with Crippen LogP contribution in [0.15, 0.2) is 42.6 Å². The first-order valence-corrected chi connectivity index (χ1v) is 5.87. The van der Waals surface area contributed by atoms with Gasteiger partial charge in [-0.05, 0) is 23.3 Å². The van der Waals surface area contributed by atoms with Gasteiger partial charge in [0, 0.05) is 6.54 Å². The van der Waals surface area contributed by atoms with Crippen molar-refractivity contribution in [2.75, 3.05) is 5.73 Å². The van der Waals surface area contributed by atoms with E-state index in [1.54, 1.807) is 12.1 Å². The average Bonchev–Trinajstić information content (AvgIpc) is 2.46. The number of amides is 1. The lowest BCUT2D eigenvalue weighted by Crippen LogP contribution is -2.23. The van der Waals surface area contributed by atoms with Gasteiger partial charge in [0.2, 0.25) is 0 Å². The fraction of sp³-hybridized carbons (Fsp3) is 0.143. The Kier molecular flexibility index (Phi) is 4.10. The van der Waals surface area contributed by atoms with Crippen molar-refractivity contribution < 1.29 is 9.90 Å². The monoisotopic (exact) mass is 257 g/mol. The normalized spacial score (nSPS) is 10.2. The molecular weight excluding hydrogens is 242 g/mol. The SMILES string of the molecule is Nc1ccc(C(=O)NCc2ccc(CO)cc2)nc1. The first-order valence-electron chi connectivity index (χ1n) is 5.87. The zero-order valence-electron chi connectivity index (χ0n) is 10.3. The molecule has 2 rings (SSSR count). The molecule has 0 spiro atoms. The third-order valence-corrected chi connectivity index (χ3v) is 2.68. The highest BCUT2D eigenvalue weighted by Gasteiger charge is 2.06. The molecule has 4 N–H and O–H groups in total. The van der Waals surface area contributed by atoms with Crippen LogP contribution in [0.4, 0.5) is 5.69 Å². The molecule has 1 aromatic carbocycles. The van der Waals surface area contributed by atoms with Crippen LogP contribution in [-0.4, -0.2) is 16.0 Å². The number of nitrogens with two attached hydrogens (primary N) is 1. The van der Waals surface area contributed by atoms with E-state index in [2.05, 4.69) is 10.3 Å². The fourth-order valence-corrected chi connectivity index (χ4v) is 1.58. The Morgan fingerprint density at radius 3 is 2.42 bits per heavy atom. The van der Waals surface area contributed by atoms with Gasteiger partial charge in [-0.15, -0.1) is 0 Å². The van der Waals surface area contributed by atoms with Crippen LogP contribution in [0.3, 0.4) is 0 Å². The van der Waals surface area contributed by atoms with Crippen LogP contribution in [0.5, 0.6) is 0 Å². The van der Waals surface area contributed by atoms with Gasteiger partial charge in [-0.3, -0.25) is 4.79 Å². The van der Waals surface area contributed by atoms with Crippen molar-refractivity contribution in [3.63, 3.8) is 0 Å². The number of aliphatic hydroxyl groups excluding tert-OH is 1. The van der Waals surface area contributed by atoms with Crippen molar-refractivity contribution in [2.24, 2.45) is 0 Å². The number of rotatable bonds is 4. The second kappa shape index (κ2) is 5.97. The van der Waals surface area contributed by atoms with E-state index in [0.717, 1.165) is 11.1 Å². The maximum absolute atomic E-state index is 11.8. The number of nitrogens with one attached hydrogen (secondary N) is 1. The van der Waals surface area contributed by atoms with Gasteiger partial charge in [0.15, 0.2) is 0 Å². The topological polar surface area (TPSA) is 88.2 Å². The molecule has 0 atom stereocenters. The molecule has 98 valence electrons. The molecular formula is C14H15N3O2. The number of nitrogens with zero attached hydrogens (tertiary/aromatic N) is 1. The van der Waals surface area contributed by atoms with Crippen molar-refractivity contribution in [3.05, 3.63) is 59.4 Å². The van der Waals surface area contributed by atoms with Gasteiger partial charge < -0.3 is 16.2 Å². The Labute approximate surface area is 111 Å². The Bertz CT molecular complexity index is 550. The minimum absolute atomic E-state index is 0.0159. The molecule has 1 heterocycles. The molecule has 5 nitrogen and oxygen atoms in total. The number of benzene rings is 1. The van der Waals surface area contributed by atoms with E-state index in [0.29, 0.717) is 17.9 Å². The summed E-state index contributed by atoms with van der Waals surface area (Å²) in [4.78, 5) is 15.7. The maximum atomic E-state index is 11.8. The van der Waals surface area contributed by atoms with Crippen LogP contribution in [-0.2, 0) is 13.2 Å². The van der Waals surface area contributed by atoms with Gasteiger partial charge >= 0.3 is 0 Å². The van der Waals surface area contributed by atoms with E-state index in [1.165, 1.54) is 6.20 Å². The lowest BCUT2D eigenvalue weighted by Gasteiger charge is -2.05. The molecule has 0 fully saturated rings. The standard InChI is InChI=1S/C14H15N3O2/c15-12-5-6-13(16-8-12)14(19)17-7-10-1-3-11(9-18)4-2-10/h1-6,8,18H,7,9,15H2,(H,17,19). The quantitative estimate of drug-likeness (QED) is 0.765. The Morgan fingerprint density at radius 1 is 1.16 bits per heavy atom. The molecule has 19 heavy (non-hydrogen) atoms. The van der Waals surface area contributed by atoms with E-state index in [1.807, 2.05) is 24.3 Å². The third kappa shape index (κ3) is 3.53. The highest BCUT2D eigenvalue weighted by Crippen LogP contribution is 2.05. The van der Waals surface area contributed by atoms with E-state index in [-0.39, 0.29) is 12.5 Å². The third-order valence-electron chi connectivity index (χ3n) is 2.68. The van der Waals surface area contributed by atoms with E-state index in [4.69, 9.17) is 10.8 Å². The molecule has 0 aliphatic rings. The first kappa shape index (κ1) is 13.0. The summed E-state index contributed by atoms with van der Waals surface area (Å²) in [6, 6.07) is 10.6. The van der Waals surface area contributed by atoms with Crippen LogP contribution < -0.4 is 11.1 Å². The molecule has 0 radical (unpaired) electrons. The minimum atomic E-state index is -0.244. The average molecular weight is 257 g/mol. The smallest absolute Gasteiger partial charge is 0.270 e. The van der Waals surface area contributed by atoms with Gasteiger partial charge in [-0.2, -0.15) is 0 Å². The summed E-state index contributed by atoms with van der Waals surface area (Å²) in [5, 5.41) is 11.7. The van der Waals surface area contributed by atoms with Crippen LogP contribution in [0.1, 0.15) is 21.6 Å². The number of carbonyl (C=O) groups excluding carboxylic acids is 1. The summed E-state index contributed by atoms with van der Waals surface area (Å²) >= 11 is 0. The number of carbonyl (C=O) groups is 1. The number of aromatic nitrogens is 1. The molecule has 0 aliphatic carbocycles. The molecule has 0 bridgehead atoms. The number of nitrogen functional groups attached to an aromatic ring is 1. The highest BCUT2D eigenvalue weighted by molar-refractivity contribution is 5.92. The molecule has 5 heteroatoms. The zero-order valence-corrected chi connectivity index (χ0v) is 10.3. The van der Waals surface area contributed by atoms with E-state index >= 15 is 0 Å².